The highest BCUT2D eigenvalue weighted by Gasteiger charge is 2.22. The molecule has 112 valence electrons. The second-order valence-electron chi connectivity index (χ2n) is 3.85. The molecule has 8 heteroatoms. The molecule has 0 aliphatic carbocycles. The monoisotopic (exact) mass is 278 g/mol. The van der Waals surface area contributed by atoms with Crippen molar-refractivity contribution in [3.8, 4) is 0 Å². The van der Waals surface area contributed by atoms with Crippen molar-refractivity contribution in [1.82, 2.24) is 10.2 Å². The van der Waals surface area contributed by atoms with Crippen LogP contribution in [0.4, 0.5) is 4.79 Å². The van der Waals surface area contributed by atoms with Gasteiger partial charge >= 0.3 is 12.0 Å². The summed E-state index contributed by atoms with van der Waals surface area (Å²) < 4.78 is 9.78. The van der Waals surface area contributed by atoms with E-state index in [1.165, 1.54) is 12.0 Å². The Morgan fingerprint density at radius 1 is 1.21 bits per heavy atom. The normalized spacial score (nSPS) is 11.9. The average Bonchev–Trinajstić information content (AvgIpc) is 2.39. The largest absolute Gasteiger partial charge is 0.480 e. The average molecular weight is 278 g/mol. The van der Waals surface area contributed by atoms with Crippen LogP contribution in [0.1, 0.15) is 6.42 Å². The highest BCUT2D eigenvalue weighted by molar-refractivity contribution is 5.82. The van der Waals surface area contributed by atoms with Crippen LogP contribution in [0.25, 0.3) is 0 Å². The molecule has 2 amide bonds. The minimum absolute atomic E-state index is 0.337. The summed E-state index contributed by atoms with van der Waals surface area (Å²) in [5.41, 5.74) is 0. The molecule has 1 atom stereocenters. The third kappa shape index (κ3) is 7.60. The van der Waals surface area contributed by atoms with Crippen molar-refractivity contribution in [2.75, 3.05) is 47.1 Å². The SMILES string of the molecule is COCCCN(CCOC)C(=O)N[C@H](CO)C(=O)O. The van der Waals surface area contributed by atoms with Gasteiger partial charge in [-0.1, -0.05) is 0 Å². The van der Waals surface area contributed by atoms with Crippen molar-refractivity contribution < 1.29 is 29.3 Å². The third-order valence-corrected chi connectivity index (χ3v) is 2.41. The molecule has 19 heavy (non-hydrogen) atoms. The number of hydrogen-bond donors (Lipinski definition) is 3. The summed E-state index contributed by atoms with van der Waals surface area (Å²) in [6.45, 7) is 0.943. The maximum atomic E-state index is 11.9. The van der Waals surface area contributed by atoms with Gasteiger partial charge in [-0.05, 0) is 6.42 Å². The number of carbonyl (C=O) groups is 2. The summed E-state index contributed by atoms with van der Waals surface area (Å²) in [6.07, 6.45) is 0.629. The minimum Gasteiger partial charge on any atom is -0.480 e. The van der Waals surface area contributed by atoms with Crippen LogP contribution in [-0.4, -0.2) is 80.3 Å². The van der Waals surface area contributed by atoms with E-state index in [0.29, 0.717) is 32.7 Å². The molecule has 0 aromatic rings. The van der Waals surface area contributed by atoms with E-state index in [9.17, 15) is 9.59 Å². The van der Waals surface area contributed by atoms with Gasteiger partial charge in [0, 0.05) is 33.9 Å². The quantitative estimate of drug-likeness (QED) is 0.448. The maximum absolute atomic E-state index is 11.9. The Balaban J connectivity index is 4.37. The molecular formula is C11H22N2O6. The highest BCUT2D eigenvalue weighted by atomic mass is 16.5. The van der Waals surface area contributed by atoms with Gasteiger partial charge in [0.2, 0.25) is 0 Å². The van der Waals surface area contributed by atoms with Crippen LogP contribution in [0.15, 0.2) is 0 Å². The van der Waals surface area contributed by atoms with Crippen molar-refractivity contribution in [2.45, 2.75) is 12.5 Å². The van der Waals surface area contributed by atoms with Crippen molar-refractivity contribution in [3.63, 3.8) is 0 Å². The number of nitrogens with one attached hydrogen (secondary N) is 1. The number of urea groups is 1. The number of aliphatic hydroxyl groups excluding tert-OH is 1. The van der Waals surface area contributed by atoms with Crippen molar-refractivity contribution in [2.24, 2.45) is 0 Å². The van der Waals surface area contributed by atoms with Gasteiger partial charge in [0.15, 0.2) is 6.04 Å². The number of carboxylic acids is 1. The number of aliphatic carboxylic acids is 1. The molecule has 0 aliphatic rings. The van der Waals surface area contributed by atoms with Gasteiger partial charge in [-0.3, -0.25) is 0 Å². The Hall–Kier alpha value is -1.38. The Kier molecular flexibility index (Phi) is 9.77. The fourth-order valence-corrected chi connectivity index (χ4v) is 1.34. The van der Waals surface area contributed by atoms with E-state index in [1.54, 1.807) is 7.11 Å². The summed E-state index contributed by atoms with van der Waals surface area (Å²) in [6, 6.07) is -1.85. The van der Waals surface area contributed by atoms with Gasteiger partial charge in [0.25, 0.3) is 0 Å². The minimum atomic E-state index is -1.31. The molecule has 0 spiro atoms. The zero-order valence-corrected chi connectivity index (χ0v) is 11.3. The molecule has 0 heterocycles. The van der Waals surface area contributed by atoms with Crippen LogP contribution in [0.5, 0.6) is 0 Å². The predicted octanol–water partition coefficient (Wildman–Crippen LogP) is -0.874. The number of carbonyl (C=O) groups excluding carboxylic acids is 1. The van der Waals surface area contributed by atoms with Gasteiger partial charge in [-0.25, -0.2) is 9.59 Å². The van der Waals surface area contributed by atoms with Gasteiger partial charge in [0.1, 0.15) is 0 Å². The molecule has 0 radical (unpaired) electrons. The summed E-state index contributed by atoms with van der Waals surface area (Å²) in [5, 5.41) is 19.9. The summed E-state index contributed by atoms with van der Waals surface area (Å²) in [7, 11) is 3.07. The van der Waals surface area contributed by atoms with E-state index in [0.717, 1.165) is 0 Å². The van der Waals surface area contributed by atoms with E-state index < -0.39 is 24.6 Å². The molecular weight excluding hydrogens is 256 g/mol. The Bertz CT molecular complexity index is 274. The first-order chi connectivity index (χ1) is 9.06. The van der Waals surface area contributed by atoms with Crippen LogP contribution in [0.3, 0.4) is 0 Å². The van der Waals surface area contributed by atoms with Crippen LogP contribution in [0, 0.1) is 0 Å². The first-order valence-corrected chi connectivity index (χ1v) is 5.93. The van der Waals surface area contributed by atoms with E-state index >= 15 is 0 Å². The molecule has 0 aliphatic heterocycles. The standard InChI is InChI=1S/C11H22N2O6/c1-18-6-3-4-13(5-7-19-2)11(17)12-9(8-14)10(15)16/h9,14H,3-8H2,1-2H3,(H,12,17)(H,15,16)/t9-/m1/s1. The van der Waals surface area contributed by atoms with Gasteiger partial charge in [-0.2, -0.15) is 0 Å². The molecule has 0 unspecified atom stereocenters. The smallest absolute Gasteiger partial charge is 0.328 e. The molecule has 0 rings (SSSR count). The first-order valence-electron chi connectivity index (χ1n) is 5.93. The fraction of sp³-hybridized carbons (Fsp3) is 0.818. The number of carboxylic acid groups (broad SMARTS) is 1. The molecule has 0 bridgehead atoms. The second kappa shape index (κ2) is 10.5. The number of ether oxygens (including phenoxy) is 2. The number of rotatable bonds is 10. The van der Waals surface area contributed by atoms with E-state index in [2.05, 4.69) is 5.32 Å². The lowest BCUT2D eigenvalue weighted by Gasteiger charge is -2.24. The van der Waals surface area contributed by atoms with E-state index in [1.807, 2.05) is 0 Å². The lowest BCUT2D eigenvalue weighted by Crippen LogP contribution is -2.50. The molecule has 3 N–H and O–H groups in total. The number of methoxy groups -OCH3 is 2. The van der Waals surface area contributed by atoms with Crippen LogP contribution < -0.4 is 5.32 Å². The Morgan fingerprint density at radius 3 is 2.32 bits per heavy atom. The van der Waals surface area contributed by atoms with Crippen molar-refractivity contribution in [3.05, 3.63) is 0 Å². The lowest BCUT2D eigenvalue weighted by molar-refractivity contribution is -0.140. The van der Waals surface area contributed by atoms with Crippen LogP contribution >= 0.6 is 0 Å². The summed E-state index contributed by atoms with van der Waals surface area (Å²) in [4.78, 5) is 24.0. The van der Waals surface area contributed by atoms with Crippen molar-refractivity contribution in [1.29, 1.82) is 0 Å². The molecule has 8 nitrogen and oxygen atoms in total. The third-order valence-electron chi connectivity index (χ3n) is 2.41. The van der Waals surface area contributed by atoms with Gasteiger partial charge in [0.05, 0.1) is 13.2 Å². The number of nitrogens with zero attached hydrogens (tertiary/aromatic N) is 1. The second-order valence-corrected chi connectivity index (χ2v) is 3.85. The molecule has 0 aromatic heterocycles. The fourth-order valence-electron chi connectivity index (χ4n) is 1.34. The van der Waals surface area contributed by atoms with Crippen molar-refractivity contribution >= 4 is 12.0 Å². The zero-order valence-electron chi connectivity index (χ0n) is 11.3. The molecule has 0 saturated heterocycles. The van der Waals surface area contributed by atoms with E-state index in [4.69, 9.17) is 19.7 Å². The summed E-state index contributed by atoms with van der Waals surface area (Å²) >= 11 is 0. The lowest BCUT2D eigenvalue weighted by atomic mass is 10.3. The molecule has 0 aromatic carbocycles. The maximum Gasteiger partial charge on any atom is 0.328 e. The Labute approximate surface area is 112 Å². The number of hydrogen-bond acceptors (Lipinski definition) is 5. The van der Waals surface area contributed by atoms with Gasteiger partial charge in [-0.15, -0.1) is 0 Å². The molecule has 0 saturated carbocycles. The number of aliphatic hydroxyl groups is 1. The zero-order chi connectivity index (χ0) is 14.7. The predicted molar refractivity (Wildman–Crippen MR) is 67.0 cm³/mol. The first kappa shape index (κ1) is 17.6. The van der Waals surface area contributed by atoms with Gasteiger partial charge < -0.3 is 29.9 Å². The number of amides is 2. The highest BCUT2D eigenvalue weighted by Crippen LogP contribution is 1.96. The van der Waals surface area contributed by atoms with Crippen LogP contribution in [0.2, 0.25) is 0 Å². The Morgan fingerprint density at radius 2 is 1.84 bits per heavy atom. The topological polar surface area (TPSA) is 108 Å². The van der Waals surface area contributed by atoms with E-state index in [-0.39, 0.29) is 0 Å². The van der Waals surface area contributed by atoms with Crippen LogP contribution in [-0.2, 0) is 14.3 Å². The summed E-state index contributed by atoms with van der Waals surface area (Å²) in [5.74, 6) is -1.28. The molecule has 0 fully saturated rings.